The minimum atomic E-state index is -0.344. The molecule has 1 amide bonds. The molecule has 4 rings (SSSR count). The second-order valence-electron chi connectivity index (χ2n) is 7.41. The first-order chi connectivity index (χ1) is 13.0. The van der Waals surface area contributed by atoms with Gasteiger partial charge in [-0.3, -0.25) is 4.79 Å². The van der Waals surface area contributed by atoms with Gasteiger partial charge in [0.2, 0.25) is 11.8 Å². The van der Waals surface area contributed by atoms with E-state index in [1.807, 2.05) is 18.2 Å². The highest BCUT2D eigenvalue weighted by Gasteiger charge is 2.25. The molecule has 0 atom stereocenters. The van der Waals surface area contributed by atoms with Crippen molar-refractivity contribution in [2.45, 2.75) is 44.2 Å². The Hall–Kier alpha value is -2.25. The first kappa shape index (κ1) is 18.1. The van der Waals surface area contributed by atoms with Gasteiger partial charge in [-0.1, -0.05) is 12.1 Å². The van der Waals surface area contributed by atoms with Gasteiger partial charge >= 0.3 is 0 Å². The third-order valence-electron chi connectivity index (χ3n) is 5.36. The molecule has 0 saturated heterocycles. The van der Waals surface area contributed by atoms with Crippen LogP contribution in [0.5, 0.6) is 5.88 Å². The zero-order valence-electron chi connectivity index (χ0n) is 15.6. The third-order valence-corrected chi connectivity index (χ3v) is 6.43. The van der Waals surface area contributed by atoms with Gasteiger partial charge in [0.15, 0.2) is 0 Å². The molecule has 0 radical (unpaired) electrons. The number of aromatic nitrogens is 2. The van der Waals surface area contributed by atoms with Crippen molar-refractivity contribution in [1.82, 2.24) is 14.9 Å². The number of ether oxygens (including phenoxy) is 1. The lowest BCUT2D eigenvalue weighted by molar-refractivity contribution is -0.117. The molecule has 0 unspecified atom stereocenters. The summed E-state index contributed by atoms with van der Waals surface area (Å²) in [6.07, 6.45) is 6.22. The highest BCUT2D eigenvalue weighted by atomic mass is 32.1. The molecule has 2 aromatic heterocycles. The van der Waals surface area contributed by atoms with Crippen molar-refractivity contribution in [2.24, 2.45) is 5.73 Å². The number of nitrogens with zero attached hydrogens (tertiary/aromatic N) is 3. The smallest absolute Gasteiger partial charge is 0.226 e. The summed E-state index contributed by atoms with van der Waals surface area (Å²) in [7, 11) is 4.27. The van der Waals surface area contributed by atoms with Crippen LogP contribution in [0, 0.1) is 0 Å². The molecule has 6 nitrogen and oxygen atoms in total. The number of amides is 1. The zero-order valence-corrected chi connectivity index (χ0v) is 16.5. The maximum atomic E-state index is 11.5. The molecule has 1 aliphatic rings. The monoisotopic (exact) mass is 384 g/mol. The summed E-state index contributed by atoms with van der Waals surface area (Å²) in [4.78, 5) is 23.6. The van der Waals surface area contributed by atoms with Crippen LogP contribution in [-0.2, 0) is 11.2 Å². The first-order valence-electron chi connectivity index (χ1n) is 9.29. The Morgan fingerprint density at radius 2 is 2.00 bits per heavy atom. The average Bonchev–Trinajstić information content (AvgIpc) is 3.02. The fourth-order valence-electron chi connectivity index (χ4n) is 3.96. The summed E-state index contributed by atoms with van der Waals surface area (Å²) in [5.74, 6) is 0.277. The maximum absolute atomic E-state index is 11.5. The standard InChI is InChI=1S/C20H24N4O2S/c1-24(2)13-6-8-14(9-7-13)26-19-18-17-12(10-16(21)25)4-3-5-15(17)27-20(18)23-11-22-19/h3-5,11,13-14H,6-10H2,1-2H3,(H2,21,25)/t13-,14-. The van der Waals surface area contributed by atoms with E-state index in [1.54, 1.807) is 17.7 Å². The van der Waals surface area contributed by atoms with Gasteiger partial charge in [0.1, 0.15) is 17.3 Å². The van der Waals surface area contributed by atoms with E-state index < -0.39 is 0 Å². The minimum absolute atomic E-state index is 0.164. The lowest BCUT2D eigenvalue weighted by Crippen LogP contribution is -2.35. The Labute approximate surface area is 162 Å². The lowest BCUT2D eigenvalue weighted by atomic mass is 9.92. The SMILES string of the molecule is CN(C)[C@H]1CC[C@H](Oc2ncnc3sc4cccc(CC(N)=O)c4c23)CC1. The molecule has 1 aliphatic carbocycles. The van der Waals surface area contributed by atoms with Crippen molar-refractivity contribution in [1.29, 1.82) is 0 Å². The molecule has 1 fully saturated rings. The molecule has 3 aromatic rings. The molecule has 2 N–H and O–H groups in total. The minimum Gasteiger partial charge on any atom is -0.474 e. The number of primary amides is 1. The number of nitrogens with two attached hydrogens (primary N) is 1. The van der Waals surface area contributed by atoms with Crippen molar-refractivity contribution in [2.75, 3.05) is 14.1 Å². The van der Waals surface area contributed by atoms with Crippen LogP contribution in [0.2, 0.25) is 0 Å². The number of thiophene rings is 1. The highest BCUT2D eigenvalue weighted by molar-refractivity contribution is 7.25. The summed E-state index contributed by atoms with van der Waals surface area (Å²) < 4.78 is 7.42. The third kappa shape index (κ3) is 3.61. The van der Waals surface area contributed by atoms with Gasteiger partial charge in [-0.2, -0.15) is 0 Å². The van der Waals surface area contributed by atoms with E-state index in [9.17, 15) is 4.79 Å². The van der Waals surface area contributed by atoms with Crippen LogP contribution in [0.25, 0.3) is 20.3 Å². The highest BCUT2D eigenvalue weighted by Crippen LogP contribution is 2.40. The van der Waals surface area contributed by atoms with Crippen molar-refractivity contribution in [3.63, 3.8) is 0 Å². The van der Waals surface area contributed by atoms with E-state index in [2.05, 4.69) is 29.0 Å². The Morgan fingerprint density at radius 3 is 2.70 bits per heavy atom. The van der Waals surface area contributed by atoms with Crippen LogP contribution in [0.1, 0.15) is 31.2 Å². The van der Waals surface area contributed by atoms with E-state index in [0.717, 1.165) is 51.5 Å². The van der Waals surface area contributed by atoms with Crippen LogP contribution in [-0.4, -0.2) is 47.0 Å². The molecule has 0 aliphatic heterocycles. The van der Waals surface area contributed by atoms with Crippen molar-refractivity contribution in [3.8, 4) is 5.88 Å². The maximum Gasteiger partial charge on any atom is 0.226 e. The number of fused-ring (bicyclic) bond motifs is 3. The number of carbonyl (C=O) groups excluding carboxylic acids is 1. The van der Waals surface area contributed by atoms with Crippen LogP contribution in [0.3, 0.4) is 0 Å². The Bertz CT molecular complexity index is 977. The van der Waals surface area contributed by atoms with Crippen LogP contribution in [0.15, 0.2) is 24.5 Å². The zero-order chi connectivity index (χ0) is 19.0. The predicted octanol–water partition coefficient (Wildman–Crippen LogP) is 3.12. The van der Waals surface area contributed by atoms with Gasteiger partial charge in [0.05, 0.1) is 11.8 Å². The lowest BCUT2D eigenvalue weighted by Gasteiger charge is -2.32. The Balaban J connectivity index is 1.70. The number of hydrogen-bond donors (Lipinski definition) is 1. The average molecular weight is 385 g/mol. The van der Waals surface area contributed by atoms with E-state index in [4.69, 9.17) is 10.5 Å². The van der Waals surface area contributed by atoms with E-state index in [0.29, 0.717) is 11.9 Å². The van der Waals surface area contributed by atoms with Crippen molar-refractivity contribution >= 4 is 37.5 Å². The predicted molar refractivity (Wildman–Crippen MR) is 108 cm³/mol. The van der Waals surface area contributed by atoms with Gasteiger partial charge in [-0.25, -0.2) is 9.97 Å². The number of carbonyl (C=O) groups is 1. The molecule has 7 heteroatoms. The summed E-state index contributed by atoms with van der Waals surface area (Å²) in [5, 5.41) is 1.90. The molecular weight excluding hydrogens is 360 g/mol. The molecule has 2 heterocycles. The molecule has 142 valence electrons. The molecule has 27 heavy (non-hydrogen) atoms. The largest absolute Gasteiger partial charge is 0.474 e. The fourth-order valence-corrected chi connectivity index (χ4v) is 5.04. The number of rotatable bonds is 5. The van der Waals surface area contributed by atoms with E-state index in [-0.39, 0.29) is 18.4 Å². The van der Waals surface area contributed by atoms with Crippen LogP contribution >= 0.6 is 11.3 Å². The molecule has 1 aromatic carbocycles. The van der Waals surface area contributed by atoms with Gasteiger partial charge in [-0.05, 0) is 51.4 Å². The van der Waals surface area contributed by atoms with Gasteiger partial charge in [-0.15, -0.1) is 11.3 Å². The van der Waals surface area contributed by atoms with Crippen LogP contribution in [0.4, 0.5) is 0 Å². The summed E-state index contributed by atoms with van der Waals surface area (Å²) in [6, 6.07) is 6.56. The molecule has 0 spiro atoms. The topological polar surface area (TPSA) is 81.3 Å². The van der Waals surface area contributed by atoms with E-state index in [1.165, 1.54) is 0 Å². The summed E-state index contributed by atoms with van der Waals surface area (Å²) in [6.45, 7) is 0. The number of benzene rings is 1. The van der Waals surface area contributed by atoms with Gasteiger partial charge in [0, 0.05) is 16.1 Å². The Kier molecular flexibility index (Phi) is 4.97. The summed E-state index contributed by atoms with van der Waals surface area (Å²) in [5.41, 5.74) is 6.36. The van der Waals surface area contributed by atoms with Crippen molar-refractivity contribution in [3.05, 3.63) is 30.1 Å². The Morgan fingerprint density at radius 1 is 1.22 bits per heavy atom. The second kappa shape index (κ2) is 7.40. The van der Waals surface area contributed by atoms with Gasteiger partial charge in [0.25, 0.3) is 0 Å². The van der Waals surface area contributed by atoms with Crippen LogP contribution < -0.4 is 10.5 Å². The van der Waals surface area contributed by atoms with Crippen molar-refractivity contribution < 1.29 is 9.53 Å². The normalized spacial score (nSPS) is 20.4. The molecular formula is C20H24N4O2S. The first-order valence-corrected chi connectivity index (χ1v) is 10.1. The second-order valence-corrected chi connectivity index (χ2v) is 8.44. The molecule has 0 bridgehead atoms. The quantitative estimate of drug-likeness (QED) is 0.731. The van der Waals surface area contributed by atoms with Gasteiger partial charge < -0.3 is 15.4 Å². The van der Waals surface area contributed by atoms with E-state index >= 15 is 0 Å². The summed E-state index contributed by atoms with van der Waals surface area (Å²) >= 11 is 1.59. The number of hydrogen-bond acceptors (Lipinski definition) is 6. The molecule has 1 saturated carbocycles. The fraction of sp³-hybridized carbons (Fsp3) is 0.450.